The average molecular weight is 237 g/mol. The van der Waals surface area contributed by atoms with E-state index < -0.39 is 0 Å². The summed E-state index contributed by atoms with van der Waals surface area (Å²) in [5.41, 5.74) is 1.37. The lowest BCUT2D eigenvalue weighted by atomic mass is 9.91. The lowest BCUT2D eigenvalue weighted by Crippen LogP contribution is -2.37. The van der Waals surface area contributed by atoms with Crippen molar-refractivity contribution in [2.24, 2.45) is 0 Å². The van der Waals surface area contributed by atoms with Gasteiger partial charge in [0.1, 0.15) is 5.15 Å². The average Bonchev–Trinajstić information content (AvgIpc) is 2.51. The molecule has 3 atom stereocenters. The van der Waals surface area contributed by atoms with E-state index in [1.165, 1.54) is 31.2 Å². The summed E-state index contributed by atoms with van der Waals surface area (Å²) < 4.78 is 0. The maximum Gasteiger partial charge on any atom is 0.129 e. The third kappa shape index (κ3) is 1.64. The lowest BCUT2D eigenvalue weighted by molar-refractivity contribution is 0.174. The van der Waals surface area contributed by atoms with Gasteiger partial charge in [0.05, 0.1) is 0 Å². The molecule has 16 heavy (non-hydrogen) atoms. The molecule has 2 fully saturated rings. The summed E-state index contributed by atoms with van der Waals surface area (Å²) in [4.78, 5) is 6.78. The summed E-state index contributed by atoms with van der Waals surface area (Å²) in [6.45, 7) is 0. The number of halogens is 1. The van der Waals surface area contributed by atoms with Crippen LogP contribution in [0.5, 0.6) is 0 Å². The van der Waals surface area contributed by atoms with Gasteiger partial charge in [0.2, 0.25) is 0 Å². The van der Waals surface area contributed by atoms with Crippen LogP contribution in [0.15, 0.2) is 18.3 Å². The van der Waals surface area contributed by atoms with Gasteiger partial charge in [0.15, 0.2) is 0 Å². The van der Waals surface area contributed by atoms with E-state index >= 15 is 0 Å². The van der Waals surface area contributed by atoms with Crippen molar-refractivity contribution in [3.8, 4) is 0 Å². The highest BCUT2D eigenvalue weighted by molar-refractivity contribution is 6.29. The fraction of sp³-hybridized carbons (Fsp3) is 0.615. The molecule has 0 aliphatic carbocycles. The molecule has 0 saturated carbocycles. The first-order valence-corrected chi connectivity index (χ1v) is 6.47. The molecule has 3 heterocycles. The molecule has 0 spiro atoms. The van der Waals surface area contributed by atoms with Crippen molar-refractivity contribution in [1.82, 2.24) is 9.88 Å². The number of hydrogen-bond donors (Lipinski definition) is 0. The molecule has 2 aliphatic rings. The van der Waals surface area contributed by atoms with Crippen LogP contribution in [0.25, 0.3) is 0 Å². The minimum atomic E-state index is 0.595. The van der Waals surface area contributed by atoms with E-state index in [0.29, 0.717) is 11.1 Å². The summed E-state index contributed by atoms with van der Waals surface area (Å²) in [6.07, 6.45) is 7.34. The molecule has 2 saturated heterocycles. The molecule has 0 aromatic carbocycles. The van der Waals surface area contributed by atoms with Crippen molar-refractivity contribution in [3.05, 3.63) is 29.0 Å². The smallest absolute Gasteiger partial charge is 0.129 e. The fourth-order valence-corrected chi connectivity index (χ4v) is 3.54. The molecule has 3 heteroatoms. The van der Waals surface area contributed by atoms with Crippen molar-refractivity contribution >= 4 is 11.6 Å². The fourth-order valence-electron chi connectivity index (χ4n) is 3.42. The topological polar surface area (TPSA) is 16.1 Å². The minimum absolute atomic E-state index is 0.595. The zero-order valence-corrected chi connectivity index (χ0v) is 10.3. The predicted octanol–water partition coefficient (Wildman–Crippen LogP) is 3.08. The summed E-state index contributed by atoms with van der Waals surface area (Å²) in [5, 5.41) is 0.595. The van der Waals surface area contributed by atoms with Gasteiger partial charge in [0, 0.05) is 24.2 Å². The molecule has 0 amide bonds. The second kappa shape index (κ2) is 4.01. The first kappa shape index (κ1) is 10.5. The largest absolute Gasteiger partial charge is 0.300 e. The number of hydrogen-bond acceptors (Lipinski definition) is 2. The molecule has 2 aliphatic heterocycles. The van der Waals surface area contributed by atoms with E-state index in [-0.39, 0.29) is 0 Å². The van der Waals surface area contributed by atoms with E-state index in [0.717, 1.165) is 12.1 Å². The summed E-state index contributed by atoms with van der Waals surface area (Å²) >= 11 is 5.84. The Hall–Kier alpha value is -0.600. The third-order valence-electron chi connectivity index (χ3n) is 4.31. The number of piperidine rings is 1. The Kier molecular flexibility index (Phi) is 2.64. The molecule has 86 valence electrons. The maximum atomic E-state index is 5.84. The molecule has 1 aromatic heterocycles. The maximum absolute atomic E-state index is 5.84. The zero-order valence-electron chi connectivity index (χ0n) is 9.56. The predicted molar refractivity (Wildman–Crippen MR) is 65.8 cm³/mol. The highest BCUT2D eigenvalue weighted by Crippen LogP contribution is 2.43. The summed E-state index contributed by atoms with van der Waals surface area (Å²) in [5.74, 6) is 0.669. The van der Waals surface area contributed by atoms with Crippen LogP contribution in [0.2, 0.25) is 5.15 Å². The zero-order chi connectivity index (χ0) is 11.1. The van der Waals surface area contributed by atoms with Crippen molar-refractivity contribution < 1.29 is 0 Å². The Morgan fingerprint density at radius 3 is 2.94 bits per heavy atom. The quantitative estimate of drug-likeness (QED) is 0.697. The highest BCUT2D eigenvalue weighted by Gasteiger charge is 2.41. The van der Waals surface area contributed by atoms with Crippen molar-refractivity contribution in [1.29, 1.82) is 0 Å². The van der Waals surface area contributed by atoms with Crippen LogP contribution in [0.3, 0.4) is 0 Å². The van der Waals surface area contributed by atoms with E-state index in [4.69, 9.17) is 11.6 Å². The second-order valence-corrected chi connectivity index (χ2v) is 5.46. The van der Waals surface area contributed by atoms with Gasteiger partial charge < -0.3 is 0 Å². The molecular weight excluding hydrogens is 220 g/mol. The molecular formula is C13H17ClN2. The number of pyridine rings is 1. The number of aromatic nitrogens is 1. The molecule has 2 bridgehead atoms. The minimum Gasteiger partial charge on any atom is -0.300 e. The van der Waals surface area contributed by atoms with Crippen molar-refractivity contribution in [2.45, 2.75) is 43.7 Å². The number of likely N-dealkylation sites (N-methyl/N-ethyl adjacent to an activating group) is 1. The Bertz CT molecular complexity index is 376. The van der Waals surface area contributed by atoms with Gasteiger partial charge >= 0.3 is 0 Å². The van der Waals surface area contributed by atoms with Gasteiger partial charge in [0.25, 0.3) is 0 Å². The SMILES string of the molecule is CN1[C@@H]2CCC[C@H]1C(c1ccc(Cl)nc1)C2. The molecule has 0 N–H and O–H groups in total. The van der Waals surface area contributed by atoms with Gasteiger partial charge in [-0.1, -0.05) is 24.1 Å². The number of rotatable bonds is 1. The molecule has 0 radical (unpaired) electrons. The first-order chi connectivity index (χ1) is 7.75. The van der Waals surface area contributed by atoms with E-state index in [1.807, 2.05) is 12.3 Å². The van der Waals surface area contributed by atoms with Gasteiger partial charge in [-0.2, -0.15) is 0 Å². The molecule has 1 aromatic rings. The molecule has 1 unspecified atom stereocenters. The Morgan fingerprint density at radius 1 is 1.38 bits per heavy atom. The van der Waals surface area contributed by atoms with Gasteiger partial charge in [-0.3, -0.25) is 4.90 Å². The summed E-state index contributed by atoms with van der Waals surface area (Å²) in [7, 11) is 2.28. The first-order valence-electron chi connectivity index (χ1n) is 6.09. The molecule has 3 rings (SSSR count). The Morgan fingerprint density at radius 2 is 2.25 bits per heavy atom. The van der Waals surface area contributed by atoms with E-state index in [2.05, 4.69) is 23.0 Å². The standard InChI is InChI=1S/C13H17ClN2/c1-16-10-3-2-4-12(16)11(7-10)9-5-6-13(14)15-8-9/h5-6,8,10-12H,2-4,7H2,1H3/t10-,11?,12+/m1/s1. The van der Waals surface area contributed by atoms with Crippen LogP contribution in [-0.4, -0.2) is 29.0 Å². The third-order valence-corrected chi connectivity index (χ3v) is 4.53. The molecule has 2 nitrogen and oxygen atoms in total. The van der Waals surface area contributed by atoms with Crippen LogP contribution < -0.4 is 0 Å². The van der Waals surface area contributed by atoms with Crippen molar-refractivity contribution in [2.75, 3.05) is 7.05 Å². The van der Waals surface area contributed by atoms with Gasteiger partial charge in [-0.25, -0.2) is 4.98 Å². The lowest BCUT2D eigenvalue weighted by Gasteiger charge is -2.32. The van der Waals surface area contributed by atoms with E-state index in [9.17, 15) is 0 Å². The monoisotopic (exact) mass is 236 g/mol. The van der Waals surface area contributed by atoms with Crippen LogP contribution in [0, 0.1) is 0 Å². The summed E-state index contributed by atoms with van der Waals surface area (Å²) in [6, 6.07) is 5.58. The van der Waals surface area contributed by atoms with Crippen LogP contribution in [0.1, 0.15) is 37.2 Å². The van der Waals surface area contributed by atoms with Gasteiger partial charge in [-0.05, 0) is 37.9 Å². The number of nitrogens with zero attached hydrogens (tertiary/aromatic N) is 2. The van der Waals surface area contributed by atoms with E-state index in [1.54, 1.807) is 0 Å². The Labute approximate surface area is 102 Å². The Balaban J connectivity index is 1.88. The highest BCUT2D eigenvalue weighted by atomic mass is 35.5. The van der Waals surface area contributed by atoms with Gasteiger partial charge in [-0.15, -0.1) is 0 Å². The van der Waals surface area contributed by atoms with Crippen LogP contribution >= 0.6 is 11.6 Å². The van der Waals surface area contributed by atoms with Crippen molar-refractivity contribution in [3.63, 3.8) is 0 Å². The van der Waals surface area contributed by atoms with Crippen LogP contribution in [0.4, 0.5) is 0 Å². The normalized spacial score (nSPS) is 34.2. The second-order valence-electron chi connectivity index (χ2n) is 5.07. The van der Waals surface area contributed by atoms with Crippen LogP contribution in [-0.2, 0) is 0 Å². The number of fused-ring (bicyclic) bond motifs is 2.